The Morgan fingerprint density at radius 2 is 1.89 bits per heavy atom. The molecule has 1 atom stereocenters. The summed E-state index contributed by atoms with van der Waals surface area (Å²) in [6.07, 6.45) is 0.510. The minimum absolute atomic E-state index is 0.237. The number of aryl methyl sites for hydroxylation is 1. The Labute approximate surface area is 125 Å². The van der Waals surface area contributed by atoms with Crippen molar-refractivity contribution >= 4 is 37.8 Å². The van der Waals surface area contributed by atoms with Crippen molar-refractivity contribution < 1.29 is 4.79 Å². The van der Waals surface area contributed by atoms with Gasteiger partial charge in [0.15, 0.2) is 0 Å². The van der Waals surface area contributed by atoms with Gasteiger partial charge in [-0.2, -0.15) is 0 Å². The van der Waals surface area contributed by atoms with E-state index in [1.54, 1.807) is 0 Å². The molecule has 0 saturated carbocycles. The highest BCUT2D eigenvalue weighted by Crippen LogP contribution is 2.34. The fourth-order valence-electron chi connectivity index (χ4n) is 1.71. The number of benzene rings is 1. The second-order valence-corrected chi connectivity index (χ2v) is 6.89. The molecule has 5 heteroatoms. The monoisotopic (exact) mass is 376 g/mol. The molecule has 1 aromatic rings. The quantitative estimate of drug-likeness (QED) is 0.843. The fraction of sp³-hybridized carbons (Fsp3) is 0.462. The first-order valence-corrected chi connectivity index (χ1v) is 7.25. The van der Waals surface area contributed by atoms with Crippen molar-refractivity contribution in [3.63, 3.8) is 0 Å². The maximum absolute atomic E-state index is 11.3. The smallest absolute Gasteiger partial charge is 0.223 e. The summed E-state index contributed by atoms with van der Waals surface area (Å²) in [5, 5.41) is 0. The van der Waals surface area contributed by atoms with E-state index in [1.807, 2.05) is 32.9 Å². The minimum atomic E-state index is -0.615. The third-order valence-corrected chi connectivity index (χ3v) is 4.62. The molecule has 100 valence electrons. The van der Waals surface area contributed by atoms with Gasteiger partial charge >= 0.3 is 0 Å². The van der Waals surface area contributed by atoms with E-state index in [1.165, 1.54) is 0 Å². The molecule has 1 amide bonds. The molecule has 0 saturated heterocycles. The molecule has 0 bridgehead atoms. The van der Waals surface area contributed by atoms with Gasteiger partial charge in [0.25, 0.3) is 0 Å². The van der Waals surface area contributed by atoms with Crippen LogP contribution < -0.4 is 11.5 Å². The van der Waals surface area contributed by atoms with E-state index in [2.05, 4.69) is 31.9 Å². The van der Waals surface area contributed by atoms with Crippen molar-refractivity contribution in [1.29, 1.82) is 0 Å². The number of carbonyl (C=O) groups is 1. The number of halogens is 2. The molecule has 18 heavy (non-hydrogen) atoms. The first kappa shape index (κ1) is 15.7. The summed E-state index contributed by atoms with van der Waals surface area (Å²) in [4.78, 5) is 11.3. The number of hydrogen-bond acceptors (Lipinski definition) is 2. The van der Waals surface area contributed by atoms with Crippen molar-refractivity contribution in [2.75, 3.05) is 0 Å². The van der Waals surface area contributed by atoms with E-state index in [-0.39, 0.29) is 11.9 Å². The second kappa shape index (κ2) is 5.72. The van der Waals surface area contributed by atoms with Crippen LogP contribution in [0.4, 0.5) is 0 Å². The number of amides is 1. The predicted octanol–water partition coefficient (Wildman–Crippen LogP) is 3.42. The Hall–Kier alpha value is -0.390. The van der Waals surface area contributed by atoms with Gasteiger partial charge in [0, 0.05) is 20.4 Å². The largest absolute Gasteiger partial charge is 0.369 e. The topological polar surface area (TPSA) is 69.1 Å². The number of rotatable bonds is 4. The van der Waals surface area contributed by atoms with E-state index < -0.39 is 5.41 Å². The maximum atomic E-state index is 11.3. The second-order valence-electron chi connectivity index (χ2n) is 5.18. The summed E-state index contributed by atoms with van der Waals surface area (Å²) in [6.45, 7) is 5.64. The van der Waals surface area contributed by atoms with Gasteiger partial charge < -0.3 is 11.5 Å². The van der Waals surface area contributed by atoms with Crippen LogP contribution in [-0.4, -0.2) is 5.91 Å². The van der Waals surface area contributed by atoms with E-state index >= 15 is 0 Å². The van der Waals surface area contributed by atoms with Crippen molar-refractivity contribution in [2.45, 2.75) is 33.2 Å². The zero-order chi connectivity index (χ0) is 14.1. The van der Waals surface area contributed by atoms with Gasteiger partial charge in [0.2, 0.25) is 5.91 Å². The van der Waals surface area contributed by atoms with Gasteiger partial charge in [-0.15, -0.1) is 0 Å². The Balaban J connectivity index is 3.01. The molecule has 1 rings (SSSR count). The first-order chi connectivity index (χ1) is 8.15. The fourth-order valence-corrected chi connectivity index (χ4v) is 2.82. The lowest BCUT2D eigenvalue weighted by molar-refractivity contribution is -0.126. The number of primary amides is 1. The number of nitrogens with two attached hydrogens (primary N) is 2. The Kier molecular flexibility index (Phi) is 4.98. The summed E-state index contributed by atoms with van der Waals surface area (Å²) in [7, 11) is 0. The molecular formula is C13H18Br2N2O. The van der Waals surface area contributed by atoms with Gasteiger partial charge in [-0.3, -0.25) is 4.79 Å². The van der Waals surface area contributed by atoms with Gasteiger partial charge in [-0.05, 0) is 36.6 Å². The van der Waals surface area contributed by atoms with Crippen molar-refractivity contribution in [2.24, 2.45) is 16.9 Å². The standard InChI is InChI=1S/C13H18Br2N2O/c1-7-4-10(15)8(5-9(7)14)11(16)6-13(2,3)12(17)18/h4-5,11H,6,16H2,1-3H3,(H2,17,18). The molecular weight excluding hydrogens is 360 g/mol. The lowest BCUT2D eigenvalue weighted by Gasteiger charge is -2.25. The molecule has 0 radical (unpaired) electrons. The average molecular weight is 378 g/mol. The molecule has 1 aromatic carbocycles. The third kappa shape index (κ3) is 3.56. The highest BCUT2D eigenvalue weighted by atomic mass is 79.9. The van der Waals surface area contributed by atoms with Gasteiger partial charge in [-0.25, -0.2) is 0 Å². The summed E-state index contributed by atoms with van der Waals surface area (Å²) in [5.41, 5.74) is 13.0. The van der Waals surface area contributed by atoms with Crippen LogP contribution in [0.5, 0.6) is 0 Å². The van der Waals surface area contributed by atoms with Crippen LogP contribution in [0.3, 0.4) is 0 Å². The van der Waals surface area contributed by atoms with Crippen LogP contribution in [0.1, 0.15) is 37.4 Å². The van der Waals surface area contributed by atoms with Crippen LogP contribution in [-0.2, 0) is 4.79 Å². The SMILES string of the molecule is Cc1cc(Br)c(C(N)CC(C)(C)C(N)=O)cc1Br. The lowest BCUT2D eigenvalue weighted by atomic mass is 9.83. The minimum Gasteiger partial charge on any atom is -0.369 e. The van der Waals surface area contributed by atoms with Crippen molar-refractivity contribution in [3.05, 3.63) is 32.2 Å². The molecule has 1 unspecified atom stereocenters. The van der Waals surface area contributed by atoms with Crippen molar-refractivity contribution in [3.8, 4) is 0 Å². The molecule has 4 N–H and O–H groups in total. The molecule has 0 aliphatic rings. The molecule has 0 aliphatic heterocycles. The Morgan fingerprint density at radius 1 is 1.33 bits per heavy atom. The number of hydrogen-bond donors (Lipinski definition) is 2. The Bertz CT molecular complexity index is 472. The lowest BCUT2D eigenvalue weighted by Crippen LogP contribution is -2.34. The molecule has 0 fully saturated rings. The number of carbonyl (C=O) groups excluding carboxylic acids is 1. The zero-order valence-electron chi connectivity index (χ0n) is 10.8. The third-order valence-electron chi connectivity index (χ3n) is 3.07. The summed E-state index contributed by atoms with van der Waals surface area (Å²) in [5.74, 6) is -0.333. The maximum Gasteiger partial charge on any atom is 0.223 e. The first-order valence-electron chi connectivity index (χ1n) is 5.66. The van der Waals surface area contributed by atoms with E-state index in [0.29, 0.717) is 6.42 Å². The van der Waals surface area contributed by atoms with Crippen LogP contribution in [0, 0.1) is 12.3 Å². The molecule has 3 nitrogen and oxygen atoms in total. The van der Waals surface area contributed by atoms with E-state index in [4.69, 9.17) is 11.5 Å². The van der Waals surface area contributed by atoms with Crippen LogP contribution >= 0.6 is 31.9 Å². The molecule has 0 spiro atoms. The normalized spacial score (nSPS) is 13.4. The summed E-state index contributed by atoms with van der Waals surface area (Å²) in [6, 6.07) is 3.76. The zero-order valence-corrected chi connectivity index (χ0v) is 13.9. The highest BCUT2D eigenvalue weighted by Gasteiger charge is 2.28. The van der Waals surface area contributed by atoms with Crippen LogP contribution in [0.25, 0.3) is 0 Å². The van der Waals surface area contributed by atoms with Crippen LogP contribution in [0.2, 0.25) is 0 Å². The van der Waals surface area contributed by atoms with Gasteiger partial charge in [0.05, 0.1) is 0 Å². The molecule has 0 heterocycles. The van der Waals surface area contributed by atoms with Gasteiger partial charge in [-0.1, -0.05) is 45.7 Å². The van der Waals surface area contributed by atoms with Gasteiger partial charge in [0.1, 0.15) is 0 Å². The Morgan fingerprint density at radius 3 is 2.39 bits per heavy atom. The molecule has 0 aromatic heterocycles. The summed E-state index contributed by atoms with van der Waals surface area (Å²) < 4.78 is 1.96. The van der Waals surface area contributed by atoms with E-state index in [9.17, 15) is 4.79 Å². The summed E-state index contributed by atoms with van der Waals surface area (Å²) >= 11 is 7.00. The average Bonchev–Trinajstić information content (AvgIpc) is 2.22. The molecule has 0 aliphatic carbocycles. The highest BCUT2D eigenvalue weighted by molar-refractivity contribution is 9.11. The van der Waals surface area contributed by atoms with Crippen LogP contribution in [0.15, 0.2) is 21.1 Å². The predicted molar refractivity (Wildman–Crippen MR) is 81.1 cm³/mol. The van der Waals surface area contributed by atoms with E-state index in [0.717, 1.165) is 20.1 Å². The van der Waals surface area contributed by atoms with Crippen molar-refractivity contribution in [1.82, 2.24) is 0 Å².